The largest absolute Gasteiger partial charge is 0.475 e. The predicted molar refractivity (Wildman–Crippen MR) is 52.1 cm³/mol. The number of aliphatic imine (C=N–C) groups is 1. The maximum Gasteiger partial charge on any atom is 0.371 e. The van der Waals surface area contributed by atoms with Crippen LogP contribution in [0.1, 0.15) is 0 Å². The van der Waals surface area contributed by atoms with Gasteiger partial charge in [-0.05, 0) is 10.7 Å². The van der Waals surface area contributed by atoms with Crippen LogP contribution in [0.4, 0.5) is 0 Å². The summed E-state index contributed by atoms with van der Waals surface area (Å²) in [6.07, 6.45) is 1.29. The van der Waals surface area contributed by atoms with Gasteiger partial charge in [-0.3, -0.25) is 10.5 Å². The number of carboxylic acids is 1. The summed E-state index contributed by atoms with van der Waals surface area (Å²) in [5.41, 5.74) is 9.45. The molecule has 0 saturated carbocycles. The van der Waals surface area contributed by atoms with Gasteiger partial charge in [0.1, 0.15) is 6.26 Å². The molecule has 2 atom stereocenters. The maximum absolute atomic E-state index is 10.3. The number of carbonyl (C=O) groups is 1. The molecule has 2 unspecified atom stereocenters. The second-order valence-corrected chi connectivity index (χ2v) is 3.96. The monoisotopic (exact) mass is 231 g/mol. The summed E-state index contributed by atoms with van der Waals surface area (Å²) in [6.45, 7) is 0. The molecular formula is C6H9N5O3S. The zero-order chi connectivity index (χ0) is 11.4. The van der Waals surface area contributed by atoms with Crippen LogP contribution in [0, 0.1) is 4.78 Å². The third-order valence-electron chi connectivity index (χ3n) is 1.37. The van der Waals surface area contributed by atoms with E-state index >= 15 is 0 Å². The van der Waals surface area contributed by atoms with E-state index in [1.165, 1.54) is 12.3 Å². The average molecular weight is 231 g/mol. The van der Waals surface area contributed by atoms with E-state index in [0.717, 1.165) is 0 Å². The molecule has 8 nitrogen and oxygen atoms in total. The van der Waals surface area contributed by atoms with Crippen molar-refractivity contribution in [3.8, 4) is 0 Å². The number of amidine groups is 1. The quantitative estimate of drug-likeness (QED) is 0.390. The highest BCUT2D eigenvalue weighted by Gasteiger charge is 2.13. The van der Waals surface area contributed by atoms with Gasteiger partial charge in [-0.15, -0.1) is 0 Å². The van der Waals surface area contributed by atoms with E-state index in [1.807, 2.05) is 0 Å². The van der Waals surface area contributed by atoms with Crippen molar-refractivity contribution < 1.29 is 14.4 Å². The van der Waals surface area contributed by atoms with Gasteiger partial charge in [0.15, 0.2) is 10.5 Å². The molecule has 0 aliphatic carbocycles. The molecule has 1 aromatic rings. The van der Waals surface area contributed by atoms with Crippen molar-refractivity contribution in [3.63, 3.8) is 0 Å². The maximum atomic E-state index is 10.3. The molecule has 0 bridgehead atoms. The highest BCUT2D eigenvalue weighted by molar-refractivity contribution is 7.86. The van der Waals surface area contributed by atoms with E-state index < -0.39 is 28.0 Å². The Balaban J connectivity index is 2.78. The third-order valence-corrected chi connectivity index (χ3v) is 2.62. The zero-order valence-corrected chi connectivity index (χ0v) is 8.27. The molecule has 0 radical (unpaired) electrons. The Hall–Kier alpha value is -1.74. The van der Waals surface area contributed by atoms with Gasteiger partial charge < -0.3 is 15.4 Å². The standard InChI is InChI=1S/C6H9N5O3S/c7-4(5(12)13)10-6(8)15(9)3-1-2-14-11-3/h1-2,6,9H,8H2,(H2,7,10)(H,12,13). The van der Waals surface area contributed by atoms with Crippen molar-refractivity contribution in [2.24, 2.45) is 16.5 Å². The Morgan fingerprint density at radius 3 is 2.93 bits per heavy atom. The van der Waals surface area contributed by atoms with Gasteiger partial charge in [0.25, 0.3) is 0 Å². The zero-order valence-electron chi connectivity index (χ0n) is 7.45. The molecular weight excluding hydrogens is 222 g/mol. The Bertz CT molecular complexity index is 401. The van der Waals surface area contributed by atoms with Gasteiger partial charge in [0.05, 0.1) is 0 Å². The first-order chi connectivity index (χ1) is 7.02. The molecule has 1 rings (SSSR count). The number of nitrogens with zero attached hydrogens (tertiary/aromatic N) is 2. The van der Waals surface area contributed by atoms with Gasteiger partial charge in [-0.1, -0.05) is 5.16 Å². The molecule has 1 aromatic heterocycles. The molecule has 0 saturated heterocycles. The summed E-state index contributed by atoms with van der Waals surface area (Å²) in [5, 5.41) is 12.2. The number of rotatable bonds is 3. The van der Waals surface area contributed by atoms with Gasteiger partial charge in [-0.2, -0.15) is 0 Å². The minimum Gasteiger partial charge on any atom is -0.475 e. The van der Waals surface area contributed by atoms with E-state index in [-0.39, 0.29) is 0 Å². The van der Waals surface area contributed by atoms with Crippen molar-refractivity contribution in [1.29, 1.82) is 4.78 Å². The van der Waals surface area contributed by atoms with Crippen LogP contribution < -0.4 is 11.5 Å². The van der Waals surface area contributed by atoms with Crippen LogP contribution in [0.15, 0.2) is 26.9 Å². The SMILES string of the molecule is N=S(c1ccon1)C(N)/N=C(\N)C(=O)O. The number of nitrogens with two attached hydrogens (primary N) is 2. The molecule has 15 heavy (non-hydrogen) atoms. The van der Waals surface area contributed by atoms with Crippen molar-refractivity contribution in [1.82, 2.24) is 5.16 Å². The topological polar surface area (TPSA) is 152 Å². The molecule has 0 amide bonds. The van der Waals surface area contributed by atoms with Crippen LogP contribution in [0.2, 0.25) is 0 Å². The fourth-order valence-corrected chi connectivity index (χ4v) is 1.48. The molecule has 0 aliphatic heterocycles. The molecule has 0 spiro atoms. The number of aliphatic carboxylic acids is 1. The first-order valence-electron chi connectivity index (χ1n) is 3.69. The summed E-state index contributed by atoms with van der Waals surface area (Å²) in [5.74, 6) is -2.00. The molecule has 6 N–H and O–H groups in total. The lowest BCUT2D eigenvalue weighted by atomic mass is 10.6. The third kappa shape index (κ3) is 2.86. The van der Waals surface area contributed by atoms with Crippen LogP contribution in [0.3, 0.4) is 0 Å². The lowest BCUT2D eigenvalue weighted by Crippen LogP contribution is -2.31. The predicted octanol–water partition coefficient (Wildman–Crippen LogP) is -0.902. The number of aromatic nitrogens is 1. The summed E-state index contributed by atoms with van der Waals surface area (Å²) >= 11 is 0. The first-order valence-corrected chi connectivity index (χ1v) is 4.98. The first kappa shape index (κ1) is 11.3. The molecule has 0 fully saturated rings. The van der Waals surface area contributed by atoms with E-state index in [1.54, 1.807) is 0 Å². The highest BCUT2D eigenvalue weighted by Crippen LogP contribution is 2.06. The number of hydrogen-bond acceptors (Lipinski definition) is 6. The summed E-state index contributed by atoms with van der Waals surface area (Å²) < 4.78 is 12.1. The Labute approximate surface area is 86.8 Å². The van der Waals surface area contributed by atoms with Crippen molar-refractivity contribution in [2.45, 2.75) is 10.5 Å². The molecule has 82 valence electrons. The second kappa shape index (κ2) is 4.66. The second-order valence-electron chi connectivity index (χ2n) is 2.39. The van der Waals surface area contributed by atoms with Crippen molar-refractivity contribution >= 4 is 22.5 Å². The van der Waals surface area contributed by atoms with Gasteiger partial charge >= 0.3 is 5.97 Å². The van der Waals surface area contributed by atoms with E-state index in [2.05, 4.69) is 14.7 Å². The Morgan fingerprint density at radius 2 is 2.47 bits per heavy atom. The van der Waals surface area contributed by atoms with Crippen molar-refractivity contribution in [3.05, 3.63) is 12.3 Å². The van der Waals surface area contributed by atoms with Gasteiger partial charge in [-0.25, -0.2) is 9.79 Å². The fraction of sp³-hybridized carbons (Fsp3) is 0.167. The highest BCUT2D eigenvalue weighted by atomic mass is 32.2. The van der Waals surface area contributed by atoms with Crippen LogP contribution in [-0.4, -0.2) is 27.6 Å². The van der Waals surface area contributed by atoms with E-state index in [9.17, 15) is 4.79 Å². The van der Waals surface area contributed by atoms with Gasteiger partial charge in [0, 0.05) is 6.07 Å². The lowest BCUT2D eigenvalue weighted by Gasteiger charge is -2.06. The van der Waals surface area contributed by atoms with Gasteiger partial charge in [0.2, 0.25) is 5.84 Å². The normalized spacial score (nSPS) is 15.9. The van der Waals surface area contributed by atoms with E-state index in [0.29, 0.717) is 5.03 Å². The number of carboxylic acid groups (broad SMARTS) is 1. The minimum absolute atomic E-state index is 0.296. The van der Waals surface area contributed by atoms with Crippen LogP contribution in [-0.2, 0) is 15.5 Å². The molecule has 0 aromatic carbocycles. The van der Waals surface area contributed by atoms with E-state index in [4.69, 9.17) is 21.4 Å². The molecule has 9 heteroatoms. The summed E-state index contributed by atoms with van der Waals surface area (Å²) in [4.78, 5) is 13.8. The Kier molecular flexibility index (Phi) is 3.52. The molecule has 0 aliphatic rings. The Morgan fingerprint density at radius 1 is 1.80 bits per heavy atom. The fourth-order valence-electron chi connectivity index (χ4n) is 0.684. The summed E-state index contributed by atoms with van der Waals surface area (Å²) in [7, 11) is -1.29. The minimum atomic E-state index is -1.37. The lowest BCUT2D eigenvalue weighted by molar-refractivity contribution is -0.129. The average Bonchev–Trinajstić information content (AvgIpc) is 2.68. The summed E-state index contributed by atoms with van der Waals surface area (Å²) in [6, 6.07) is 1.46. The van der Waals surface area contributed by atoms with Crippen LogP contribution >= 0.6 is 0 Å². The molecule has 1 heterocycles. The smallest absolute Gasteiger partial charge is 0.371 e. The van der Waals surface area contributed by atoms with Crippen molar-refractivity contribution in [2.75, 3.05) is 0 Å². The van der Waals surface area contributed by atoms with Crippen LogP contribution in [0.25, 0.3) is 0 Å². The number of hydrogen-bond donors (Lipinski definition) is 4. The number of nitrogens with one attached hydrogen (secondary N) is 1. The van der Waals surface area contributed by atoms with Crippen LogP contribution in [0.5, 0.6) is 0 Å².